The molecule has 0 aromatic carbocycles. The molecule has 2 nitrogen and oxygen atoms in total. The van der Waals surface area contributed by atoms with E-state index in [0.717, 1.165) is 6.42 Å². The normalized spacial score (nSPS) is 11.6. The van der Waals surface area contributed by atoms with E-state index in [0.29, 0.717) is 5.56 Å². The van der Waals surface area contributed by atoms with Gasteiger partial charge in [-0.15, -0.1) is 0 Å². The minimum absolute atomic E-state index is 0.152. The van der Waals surface area contributed by atoms with Gasteiger partial charge >= 0.3 is 0 Å². The number of hydrogen-bond donors (Lipinski definition) is 0. The molecule has 0 aliphatic rings. The highest BCUT2D eigenvalue weighted by molar-refractivity contribution is 5.99. The minimum atomic E-state index is -0.274. The largest absolute Gasteiger partial charge is 0.472 e. The number of carbonyl (C=O) groups is 1. The van der Waals surface area contributed by atoms with Crippen molar-refractivity contribution in [3.8, 4) is 0 Å². The summed E-state index contributed by atoms with van der Waals surface area (Å²) in [6.45, 7) is 5.91. The highest BCUT2D eigenvalue weighted by Gasteiger charge is 2.26. The summed E-state index contributed by atoms with van der Waals surface area (Å²) in [6, 6.07) is 1.71. The Kier molecular flexibility index (Phi) is 2.36. The maximum atomic E-state index is 11.7. The smallest absolute Gasteiger partial charge is 0.171 e. The van der Waals surface area contributed by atoms with E-state index >= 15 is 0 Å². The molecule has 0 fully saturated rings. The summed E-state index contributed by atoms with van der Waals surface area (Å²) in [5.41, 5.74) is 0.394. The van der Waals surface area contributed by atoms with Crippen molar-refractivity contribution < 1.29 is 9.21 Å². The third-order valence-corrected chi connectivity index (χ3v) is 2.28. The molecule has 0 bridgehead atoms. The van der Waals surface area contributed by atoms with Crippen molar-refractivity contribution in [1.82, 2.24) is 0 Å². The van der Waals surface area contributed by atoms with E-state index in [1.165, 1.54) is 12.5 Å². The van der Waals surface area contributed by atoms with Crippen molar-refractivity contribution in [2.45, 2.75) is 27.2 Å². The Morgan fingerprint density at radius 1 is 1.58 bits per heavy atom. The molecule has 1 heterocycles. The molecular weight excluding hydrogens is 152 g/mol. The van der Waals surface area contributed by atoms with Crippen LogP contribution in [-0.2, 0) is 0 Å². The lowest BCUT2D eigenvalue weighted by Crippen LogP contribution is -2.22. The lowest BCUT2D eigenvalue weighted by molar-refractivity contribution is 0.0832. The standard InChI is InChI=1S/C10H14O2/c1-4-10(2,3)9(11)8-5-6-12-7-8/h5-7H,4H2,1-3H3. The monoisotopic (exact) mass is 166 g/mol. The molecule has 66 valence electrons. The first-order valence-electron chi connectivity index (χ1n) is 4.15. The maximum Gasteiger partial charge on any atom is 0.171 e. The van der Waals surface area contributed by atoms with E-state index in [1.54, 1.807) is 6.07 Å². The quantitative estimate of drug-likeness (QED) is 0.646. The van der Waals surface area contributed by atoms with Gasteiger partial charge in [-0.2, -0.15) is 0 Å². The minimum Gasteiger partial charge on any atom is -0.472 e. The molecule has 0 atom stereocenters. The first kappa shape index (κ1) is 9.04. The molecule has 0 saturated heterocycles. The van der Waals surface area contributed by atoms with Gasteiger partial charge in [0.15, 0.2) is 5.78 Å². The first-order valence-corrected chi connectivity index (χ1v) is 4.15. The fourth-order valence-corrected chi connectivity index (χ4v) is 0.945. The Labute approximate surface area is 72.6 Å². The van der Waals surface area contributed by atoms with Crippen molar-refractivity contribution in [3.05, 3.63) is 24.2 Å². The Morgan fingerprint density at radius 2 is 2.25 bits per heavy atom. The zero-order valence-corrected chi connectivity index (χ0v) is 7.76. The van der Waals surface area contributed by atoms with Gasteiger partial charge in [0.1, 0.15) is 6.26 Å². The molecule has 1 rings (SSSR count). The summed E-state index contributed by atoms with van der Waals surface area (Å²) in [7, 11) is 0. The SMILES string of the molecule is CCC(C)(C)C(=O)c1ccoc1. The fourth-order valence-electron chi connectivity index (χ4n) is 0.945. The zero-order valence-electron chi connectivity index (χ0n) is 7.76. The third-order valence-electron chi connectivity index (χ3n) is 2.28. The van der Waals surface area contributed by atoms with Crippen molar-refractivity contribution in [1.29, 1.82) is 0 Å². The van der Waals surface area contributed by atoms with Gasteiger partial charge in [0.25, 0.3) is 0 Å². The second kappa shape index (κ2) is 3.13. The van der Waals surface area contributed by atoms with Crippen LogP contribution in [0.1, 0.15) is 37.6 Å². The van der Waals surface area contributed by atoms with Crippen LogP contribution in [0.2, 0.25) is 0 Å². The summed E-state index contributed by atoms with van der Waals surface area (Å²) >= 11 is 0. The van der Waals surface area contributed by atoms with Crippen LogP contribution in [0.5, 0.6) is 0 Å². The van der Waals surface area contributed by atoms with Crippen LogP contribution in [0.15, 0.2) is 23.0 Å². The number of hydrogen-bond acceptors (Lipinski definition) is 2. The molecule has 1 aromatic heterocycles. The number of furan rings is 1. The average Bonchev–Trinajstić information content (AvgIpc) is 2.55. The van der Waals surface area contributed by atoms with Gasteiger partial charge in [-0.1, -0.05) is 20.8 Å². The molecule has 0 radical (unpaired) electrons. The molecule has 0 saturated carbocycles. The van der Waals surface area contributed by atoms with Gasteiger partial charge < -0.3 is 4.42 Å². The van der Waals surface area contributed by atoms with Gasteiger partial charge in [0, 0.05) is 5.41 Å². The molecule has 2 heteroatoms. The maximum absolute atomic E-state index is 11.7. The number of ketones is 1. The molecule has 0 aliphatic heterocycles. The first-order chi connectivity index (χ1) is 5.58. The van der Waals surface area contributed by atoms with Gasteiger partial charge in [0.2, 0.25) is 0 Å². The van der Waals surface area contributed by atoms with Crippen molar-refractivity contribution >= 4 is 5.78 Å². The van der Waals surface area contributed by atoms with Crippen LogP contribution in [0.3, 0.4) is 0 Å². The Morgan fingerprint density at radius 3 is 2.67 bits per heavy atom. The zero-order chi connectivity index (χ0) is 9.19. The molecule has 0 aliphatic carbocycles. The molecule has 0 spiro atoms. The number of carbonyl (C=O) groups excluding carboxylic acids is 1. The van der Waals surface area contributed by atoms with Crippen molar-refractivity contribution in [2.24, 2.45) is 5.41 Å². The van der Waals surface area contributed by atoms with Crippen molar-refractivity contribution in [3.63, 3.8) is 0 Å². The summed E-state index contributed by atoms with van der Waals surface area (Å²) in [5.74, 6) is 0.152. The number of rotatable bonds is 3. The van der Waals surface area contributed by atoms with E-state index in [-0.39, 0.29) is 11.2 Å². The highest BCUT2D eigenvalue weighted by Crippen LogP contribution is 2.25. The summed E-state index contributed by atoms with van der Waals surface area (Å²) in [5, 5.41) is 0. The van der Waals surface area contributed by atoms with Gasteiger partial charge in [-0.05, 0) is 12.5 Å². The third kappa shape index (κ3) is 1.58. The second-order valence-electron chi connectivity index (χ2n) is 3.58. The van der Waals surface area contributed by atoms with Crippen LogP contribution < -0.4 is 0 Å². The van der Waals surface area contributed by atoms with Crippen molar-refractivity contribution in [2.75, 3.05) is 0 Å². The Balaban J connectivity index is 2.86. The van der Waals surface area contributed by atoms with E-state index in [4.69, 9.17) is 4.42 Å². The second-order valence-corrected chi connectivity index (χ2v) is 3.58. The lowest BCUT2D eigenvalue weighted by Gasteiger charge is -2.19. The predicted molar refractivity (Wildman–Crippen MR) is 47.1 cm³/mol. The Bertz CT molecular complexity index is 257. The molecule has 0 amide bonds. The van der Waals surface area contributed by atoms with Gasteiger partial charge in [-0.25, -0.2) is 0 Å². The Hall–Kier alpha value is -1.05. The lowest BCUT2D eigenvalue weighted by atomic mass is 9.83. The van der Waals surface area contributed by atoms with Gasteiger partial charge in [0.05, 0.1) is 11.8 Å². The average molecular weight is 166 g/mol. The summed E-state index contributed by atoms with van der Waals surface area (Å²) in [4.78, 5) is 11.7. The molecule has 0 unspecified atom stereocenters. The van der Waals surface area contributed by atoms with Crippen LogP contribution in [-0.4, -0.2) is 5.78 Å². The topological polar surface area (TPSA) is 30.2 Å². The van der Waals surface area contributed by atoms with E-state index in [9.17, 15) is 4.79 Å². The summed E-state index contributed by atoms with van der Waals surface area (Å²) < 4.78 is 4.85. The van der Waals surface area contributed by atoms with E-state index < -0.39 is 0 Å². The highest BCUT2D eigenvalue weighted by atomic mass is 16.3. The van der Waals surface area contributed by atoms with Crippen LogP contribution in [0.4, 0.5) is 0 Å². The number of Topliss-reactive ketones (excluding diaryl/α,β-unsaturated/α-hetero) is 1. The summed E-state index contributed by atoms with van der Waals surface area (Å²) in [6.07, 6.45) is 3.87. The fraction of sp³-hybridized carbons (Fsp3) is 0.500. The van der Waals surface area contributed by atoms with Gasteiger partial charge in [-0.3, -0.25) is 4.79 Å². The molecule has 12 heavy (non-hydrogen) atoms. The van der Waals surface area contributed by atoms with E-state index in [2.05, 4.69) is 0 Å². The van der Waals surface area contributed by atoms with E-state index in [1.807, 2.05) is 20.8 Å². The molecular formula is C10H14O2. The molecule has 1 aromatic rings. The predicted octanol–water partition coefficient (Wildman–Crippen LogP) is 2.90. The molecule has 0 N–H and O–H groups in total. The van der Waals surface area contributed by atoms with Crippen LogP contribution >= 0.6 is 0 Å². The van der Waals surface area contributed by atoms with Crippen LogP contribution in [0, 0.1) is 5.41 Å². The van der Waals surface area contributed by atoms with Crippen LogP contribution in [0.25, 0.3) is 0 Å².